The number of halogens is 3. The van der Waals surface area contributed by atoms with Crippen LogP contribution in [-0.4, -0.2) is 26.5 Å². The van der Waals surface area contributed by atoms with Gasteiger partial charge in [-0.25, -0.2) is 13.1 Å². The summed E-state index contributed by atoms with van der Waals surface area (Å²) in [5.41, 5.74) is 0.625. The van der Waals surface area contributed by atoms with Crippen molar-refractivity contribution in [2.24, 2.45) is 0 Å². The second-order valence-corrected chi connectivity index (χ2v) is 8.71. The van der Waals surface area contributed by atoms with Crippen molar-refractivity contribution in [1.82, 2.24) is 10.0 Å². The van der Waals surface area contributed by atoms with Crippen LogP contribution in [0.5, 0.6) is 0 Å². The predicted octanol–water partition coefficient (Wildman–Crippen LogP) is 3.48. The summed E-state index contributed by atoms with van der Waals surface area (Å²) in [6, 6.07) is 11.1. The van der Waals surface area contributed by atoms with E-state index in [4.69, 9.17) is 0 Å². The molecule has 1 unspecified atom stereocenters. The third-order valence-corrected chi connectivity index (χ3v) is 6.08. The van der Waals surface area contributed by atoms with Gasteiger partial charge in [0.15, 0.2) is 6.04 Å². The van der Waals surface area contributed by atoms with Crippen LogP contribution in [0.1, 0.15) is 36.4 Å². The highest BCUT2D eigenvalue weighted by atomic mass is 32.2. The molecule has 0 bridgehead atoms. The predicted molar refractivity (Wildman–Crippen MR) is 101 cm³/mol. The van der Waals surface area contributed by atoms with Crippen LogP contribution in [0.4, 0.5) is 13.2 Å². The lowest BCUT2D eigenvalue weighted by molar-refractivity contribution is -0.163. The molecule has 29 heavy (non-hydrogen) atoms. The number of aryl methyl sites for hydroxylation is 1. The Morgan fingerprint density at radius 1 is 1.03 bits per heavy atom. The molecule has 0 saturated heterocycles. The molecule has 1 saturated carbocycles. The van der Waals surface area contributed by atoms with Crippen LogP contribution in [0, 0.1) is 0 Å². The van der Waals surface area contributed by atoms with Crippen molar-refractivity contribution < 1.29 is 26.4 Å². The molecule has 5 nitrogen and oxygen atoms in total. The smallest absolute Gasteiger partial charge is 0.341 e. The lowest BCUT2D eigenvalue weighted by Gasteiger charge is -2.22. The molecule has 0 aromatic heterocycles. The van der Waals surface area contributed by atoms with Crippen molar-refractivity contribution in [3.63, 3.8) is 0 Å². The molecule has 0 aliphatic heterocycles. The first-order chi connectivity index (χ1) is 13.6. The van der Waals surface area contributed by atoms with E-state index in [2.05, 4.69) is 4.72 Å². The van der Waals surface area contributed by atoms with Crippen molar-refractivity contribution in [3.8, 4) is 0 Å². The summed E-state index contributed by atoms with van der Waals surface area (Å²) < 4.78 is 66.7. The molecule has 0 radical (unpaired) electrons. The Labute approximate surface area is 167 Å². The molecule has 2 aromatic rings. The summed E-state index contributed by atoms with van der Waals surface area (Å²) in [7, 11) is -3.56. The van der Waals surface area contributed by atoms with Gasteiger partial charge in [0.25, 0.3) is 0 Å². The zero-order valence-electron chi connectivity index (χ0n) is 15.4. The monoisotopic (exact) mass is 426 g/mol. The Morgan fingerprint density at radius 2 is 1.66 bits per heavy atom. The number of amides is 1. The van der Waals surface area contributed by atoms with Gasteiger partial charge in [0.05, 0.1) is 4.90 Å². The fraction of sp³-hybridized carbons (Fsp3) is 0.350. The van der Waals surface area contributed by atoms with Crippen LogP contribution in [0.3, 0.4) is 0 Å². The van der Waals surface area contributed by atoms with E-state index in [1.807, 2.05) is 5.32 Å². The van der Waals surface area contributed by atoms with E-state index in [0.717, 1.165) is 12.8 Å². The van der Waals surface area contributed by atoms with Crippen molar-refractivity contribution >= 4 is 15.9 Å². The quantitative estimate of drug-likeness (QED) is 0.679. The normalized spacial score (nSPS) is 15.7. The third kappa shape index (κ3) is 6.04. The van der Waals surface area contributed by atoms with E-state index in [0.29, 0.717) is 5.56 Å². The number of hydrogen-bond acceptors (Lipinski definition) is 3. The minimum Gasteiger partial charge on any atom is -0.341 e. The number of sulfonamides is 1. The molecular formula is C20H21F3N2O3S. The summed E-state index contributed by atoms with van der Waals surface area (Å²) in [6.45, 7) is 0. The van der Waals surface area contributed by atoms with E-state index in [1.54, 1.807) is 18.2 Å². The zero-order chi connectivity index (χ0) is 21.1. The molecule has 2 aromatic carbocycles. The van der Waals surface area contributed by atoms with Gasteiger partial charge < -0.3 is 5.32 Å². The molecule has 9 heteroatoms. The fourth-order valence-corrected chi connectivity index (χ4v) is 4.12. The van der Waals surface area contributed by atoms with Gasteiger partial charge in [-0.15, -0.1) is 0 Å². The highest BCUT2D eigenvalue weighted by molar-refractivity contribution is 7.89. The van der Waals surface area contributed by atoms with Crippen LogP contribution < -0.4 is 10.0 Å². The van der Waals surface area contributed by atoms with Gasteiger partial charge in [-0.3, -0.25) is 4.79 Å². The van der Waals surface area contributed by atoms with Gasteiger partial charge >= 0.3 is 6.18 Å². The van der Waals surface area contributed by atoms with Crippen molar-refractivity contribution in [2.75, 3.05) is 0 Å². The lowest BCUT2D eigenvalue weighted by atomic mass is 10.1. The first-order valence-corrected chi connectivity index (χ1v) is 10.7. The van der Waals surface area contributed by atoms with E-state index in [9.17, 15) is 26.4 Å². The minimum absolute atomic E-state index is 0.00503. The van der Waals surface area contributed by atoms with Crippen molar-refractivity contribution in [1.29, 1.82) is 0 Å². The largest absolute Gasteiger partial charge is 0.412 e. The van der Waals surface area contributed by atoms with Crippen LogP contribution >= 0.6 is 0 Å². The van der Waals surface area contributed by atoms with Gasteiger partial charge in [-0.1, -0.05) is 42.5 Å². The number of carbonyl (C=O) groups excluding carboxylic acids is 1. The molecule has 156 valence electrons. The average molecular weight is 426 g/mol. The molecule has 0 spiro atoms. The molecular weight excluding hydrogens is 405 g/mol. The summed E-state index contributed by atoms with van der Waals surface area (Å²) >= 11 is 0. The van der Waals surface area contributed by atoms with Crippen molar-refractivity contribution in [2.45, 2.75) is 48.8 Å². The summed E-state index contributed by atoms with van der Waals surface area (Å²) in [6.07, 6.45) is -2.91. The maximum absolute atomic E-state index is 13.3. The number of nitrogens with one attached hydrogen (secondary N) is 2. The number of benzene rings is 2. The first kappa shape index (κ1) is 21.3. The first-order valence-electron chi connectivity index (χ1n) is 9.17. The number of alkyl halides is 3. The van der Waals surface area contributed by atoms with Gasteiger partial charge in [0.1, 0.15) is 0 Å². The number of carbonyl (C=O) groups is 1. The van der Waals surface area contributed by atoms with Crippen LogP contribution in [0.2, 0.25) is 0 Å². The van der Waals surface area contributed by atoms with E-state index >= 15 is 0 Å². The van der Waals surface area contributed by atoms with E-state index in [-0.39, 0.29) is 29.3 Å². The Hall–Kier alpha value is -2.39. The molecule has 1 fully saturated rings. The summed E-state index contributed by atoms with van der Waals surface area (Å²) in [4.78, 5) is 12.2. The zero-order valence-corrected chi connectivity index (χ0v) is 16.3. The lowest BCUT2D eigenvalue weighted by Crippen LogP contribution is -2.38. The Bertz CT molecular complexity index is 941. The van der Waals surface area contributed by atoms with Crippen LogP contribution in [-0.2, 0) is 21.2 Å². The fourth-order valence-electron chi connectivity index (χ4n) is 2.81. The van der Waals surface area contributed by atoms with Gasteiger partial charge in [-0.2, -0.15) is 13.2 Å². The molecule has 3 rings (SSSR count). The van der Waals surface area contributed by atoms with Gasteiger partial charge in [-0.05, 0) is 42.5 Å². The Kier molecular flexibility index (Phi) is 6.28. The minimum atomic E-state index is -4.61. The molecule has 2 N–H and O–H groups in total. The SMILES string of the molecule is O=C(CCc1ccc(S(=O)(=O)NC2CC2)cc1)NC(c1ccccc1)C(F)(F)F. The molecule has 1 aliphatic carbocycles. The number of hydrogen-bond donors (Lipinski definition) is 2. The highest BCUT2D eigenvalue weighted by Crippen LogP contribution is 2.32. The standard InChI is InChI=1S/C20H21F3N2O3S/c21-20(22,23)19(15-4-2-1-3-5-15)24-18(26)13-8-14-6-11-17(12-7-14)29(27,28)25-16-9-10-16/h1-7,11-12,16,19,25H,8-10,13H2,(H,24,26). The number of rotatable bonds is 8. The third-order valence-electron chi connectivity index (χ3n) is 4.54. The topological polar surface area (TPSA) is 75.3 Å². The summed E-state index contributed by atoms with van der Waals surface area (Å²) in [5, 5.41) is 2.04. The molecule has 1 aliphatic rings. The van der Waals surface area contributed by atoms with Gasteiger partial charge in [0, 0.05) is 12.5 Å². The van der Waals surface area contributed by atoms with Gasteiger partial charge in [0.2, 0.25) is 15.9 Å². The van der Waals surface area contributed by atoms with Crippen LogP contribution in [0.25, 0.3) is 0 Å². The highest BCUT2D eigenvalue weighted by Gasteiger charge is 2.41. The second-order valence-electron chi connectivity index (χ2n) is 6.99. The maximum atomic E-state index is 13.3. The van der Waals surface area contributed by atoms with Crippen molar-refractivity contribution in [3.05, 3.63) is 65.7 Å². The van der Waals surface area contributed by atoms with E-state index < -0.39 is 28.1 Å². The second kappa shape index (κ2) is 8.54. The average Bonchev–Trinajstić information content (AvgIpc) is 3.48. The summed E-state index contributed by atoms with van der Waals surface area (Å²) in [5.74, 6) is -0.733. The van der Waals surface area contributed by atoms with E-state index in [1.165, 1.54) is 36.4 Å². The molecule has 1 atom stereocenters. The Balaban J connectivity index is 1.58. The van der Waals surface area contributed by atoms with Crippen LogP contribution in [0.15, 0.2) is 59.5 Å². The Morgan fingerprint density at radius 3 is 2.21 bits per heavy atom. The molecule has 1 amide bonds. The maximum Gasteiger partial charge on any atom is 0.412 e. The molecule has 0 heterocycles.